The number of hydrogen-bond acceptors (Lipinski definition) is 7. The Morgan fingerprint density at radius 3 is 2.34 bits per heavy atom. The summed E-state index contributed by atoms with van der Waals surface area (Å²) >= 11 is 0. The predicted octanol–water partition coefficient (Wildman–Crippen LogP) is 4.35. The number of fused-ring (bicyclic) bond motifs is 1. The molecule has 38 heavy (non-hydrogen) atoms. The Labute approximate surface area is 224 Å². The molecule has 9 heteroatoms. The van der Waals surface area contributed by atoms with Crippen molar-refractivity contribution in [3.8, 4) is 11.6 Å². The van der Waals surface area contributed by atoms with Gasteiger partial charge in [0.15, 0.2) is 0 Å². The molecule has 0 aliphatic rings. The summed E-state index contributed by atoms with van der Waals surface area (Å²) in [5.41, 5.74) is 1.27. The molecule has 0 fully saturated rings. The first-order chi connectivity index (χ1) is 18.2. The molecule has 0 aliphatic carbocycles. The number of aliphatic hydroxyl groups is 1. The first kappa shape index (κ1) is 29.1. The molecule has 0 saturated carbocycles. The maximum Gasteiger partial charge on any atom is 0.244 e. The highest BCUT2D eigenvalue weighted by Crippen LogP contribution is 2.26. The summed E-state index contributed by atoms with van der Waals surface area (Å²) < 4.78 is 12.5. The van der Waals surface area contributed by atoms with Gasteiger partial charge in [0, 0.05) is 55.4 Å². The van der Waals surface area contributed by atoms with Crippen molar-refractivity contribution in [2.45, 2.75) is 53.5 Å². The maximum absolute atomic E-state index is 13.5. The number of carbonyl (C=O) groups excluding carboxylic acids is 2. The highest BCUT2D eigenvalue weighted by atomic mass is 16.5. The van der Waals surface area contributed by atoms with E-state index in [4.69, 9.17) is 14.6 Å². The largest absolute Gasteiger partial charge is 0.497 e. The van der Waals surface area contributed by atoms with Gasteiger partial charge in [0.1, 0.15) is 18.0 Å². The highest BCUT2D eigenvalue weighted by Gasteiger charge is 2.23. The quantitative estimate of drug-likeness (QED) is 0.233. The van der Waals surface area contributed by atoms with Crippen LogP contribution in [0.3, 0.4) is 0 Å². The Bertz CT molecular complexity index is 1190. The van der Waals surface area contributed by atoms with Crippen LogP contribution in [0.1, 0.15) is 63.0 Å². The molecule has 9 nitrogen and oxygen atoms in total. The van der Waals surface area contributed by atoms with Crippen LogP contribution in [0, 0.1) is 11.8 Å². The number of ether oxygens (including phenoxy) is 2. The van der Waals surface area contributed by atoms with Crippen molar-refractivity contribution >= 4 is 22.6 Å². The number of aliphatic hydroxyl groups excluding tert-OH is 1. The lowest BCUT2D eigenvalue weighted by molar-refractivity contribution is -0.132. The Kier molecular flexibility index (Phi) is 10.6. The molecule has 1 amide bonds. The van der Waals surface area contributed by atoms with Crippen molar-refractivity contribution in [2.75, 3.05) is 33.4 Å². The number of methoxy groups -OCH3 is 1. The van der Waals surface area contributed by atoms with Gasteiger partial charge < -0.3 is 19.5 Å². The molecule has 1 N–H and O–H groups in total. The molecule has 0 aliphatic heterocycles. The van der Waals surface area contributed by atoms with Gasteiger partial charge in [-0.25, -0.2) is 4.98 Å². The normalized spacial score (nSPS) is 11.4. The molecule has 0 bridgehead atoms. The minimum Gasteiger partial charge on any atom is -0.497 e. The fourth-order valence-corrected chi connectivity index (χ4v) is 3.96. The van der Waals surface area contributed by atoms with E-state index in [2.05, 4.69) is 37.8 Å². The van der Waals surface area contributed by atoms with Gasteiger partial charge in [-0.3, -0.25) is 14.3 Å². The summed E-state index contributed by atoms with van der Waals surface area (Å²) in [6.07, 6.45) is 3.80. The van der Waals surface area contributed by atoms with Crippen LogP contribution >= 0.6 is 0 Å². The maximum atomic E-state index is 13.5. The second-order valence-corrected chi connectivity index (χ2v) is 10.3. The average molecular weight is 525 g/mol. The van der Waals surface area contributed by atoms with Gasteiger partial charge in [-0.1, -0.05) is 27.7 Å². The molecular weight excluding hydrogens is 484 g/mol. The van der Waals surface area contributed by atoms with Crippen LogP contribution in [0.25, 0.3) is 10.9 Å². The summed E-state index contributed by atoms with van der Waals surface area (Å²) in [6, 6.07) is 8.64. The van der Waals surface area contributed by atoms with Gasteiger partial charge >= 0.3 is 0 Å². The third kappa shape index (κ3) is 7.77. The fourth-order valence-electron chi connectivity index (χ4n) is 3.96. The van der Waals surface area contributed by atoms with E-state index in [0.29, 0.717) is 66.0 Å². The van der Waals surface area contributed by atoms with E-state index in [9.17, 15) is 9.59 Å². The minimum absolute atomic E-state index is 0.0245. The zero-order chi connectivity index (χ0) is 27.7. The van der Waals surface area contributed by atoms with Crippen molar-refractivity contribution in [3.05, 3.63) is 47.8 Å². The summed E-state index contributed by atoms with van der Waals surface area (Å²) in [5.74, 6) is 1.66. The number of aromatic nitrogens is 3. The molecule has 0 radical (unpaired) electrons. The van der Waals surface area contributed by atoms with E-state index < -0.39 is 0 Å². The molecule has 0 atom stereocenters. The lowest BCUT2D eigenvalue weighted by Gasteiger charge is -2.24. The zero-order valence-electron chi connectivity index (χ0n) is 23.1. The standard InChI is InChI=1S/C29H40N4O5/c1-20(2)11-13-32(14-12-21(3)4)27(35)19-33-25-17-23(37-5)8-9-24(25)28(31-33)29(36)22-7-10-26(30-18-22)38-16-6-15-34/h7-10,17-18,20-21,34H,6,11-16,19H2,1-5H3. The lowest BCUT2D eigenvalue weighted by atomic mass is 10.1. The van der Waals surface area contributed by atoms with Crippen LogP contribution in [0.4, 0.5) is 0 Å². The van der Waals surface area contributed by atoms with Crippen molar-refractivity contribution < 1.29 is 24.2 Å². The van der Waals surface area contributed by atoms with Crippen molar-refractivity contribution in [1.82, 2.24) is 19.7 Å². The van der Waals surface area contributed by atoms with Gasteiger partial charge in [0.05, 0.1) is 19.2 Å². The van der Waals surface area contributed by atoms with Gasteiger partial charge in [-0.15, -0.1) is 0 Å². The molecule has 1 aromatic carbocycles. The lowest BCUT2D eigenvalue weighted by Crippen LogP contribution is -2.36. The monoisotopic (exact) mass is 524 g/mol. The fraction of sp³-hybridized carbons (Fsp3) is 0.517. The first-order valence-corrected chi connectivity index (χ1v) is 13.3. The molecule has 0 saturated heterocycles. The van der Waals surface area contributed by atoms with Crippen LogP contribution in [-0.4, -0.2) is 69.9 Å². The van der Waals surface area contributed by atoms with E-state index in [1.54, 1.807) is 42.1 Å². The SMILES string of the molecule is COc1ccc2c(C(=O)c3ccc(OCCCO)nc3)nn(CC(=O)N(CCC(C)C)CCC(C)C)c2c1. The summed E-state index contributed by atoms with van der Waals surface area (Å²) in [5, 5.41) is 14.2. The van der Waals surface area contributed by atoms with Gasteiger partial charge in [-0.2, -0.15) is 5.10 Å². The van der Waals surface area contributed by atoms with E-state index >= 15 is 0 Å². The van der Waals surface area contributed by atoms with Crippen LogP contribution in [0.2, 0.25) is 0 Å². The summed E-state index contributed by atoms with van der Waals surface area (Å²) in [7, 11) is 1.58. The molecule has 3 aromatic rings. The number of hydrogen-bond donors (Lipinski definition) is 1. The number of benzene rings is 1. The van der Waals surface area contributed by atoms with E-state index in [-0.39, 0.29) is 30.5 Å². The Morgan fingerprint density at radius 2 is 1.76 bits per heavy atom. The molecule has 2 aromatic heterocycles. The van der Waals surface area contributed by atoms with Crippen LogP contribution < -0.4 is 9.47 Å². The molecule has 3 rings (SSSR count). The highest BCUT2D eigenvalue weighted by molar-refractivity contribution is 6.15. The van der Waals surface area contributed by atoms with Crippen molar-refractivity contribution in [1.29, 1.82) is 0 Å². The predicted molar refractivity (Wildman–Crippen MR) is 147 cm³/mol. The Balaban J connectivity index is 1.89. The second kappa shape index (κ2) is 13.9. The number of carbonyl (C=O) groups is 2. The number of rotatable bonds is 15. The van der Waals surface area contributed by atoms with Crippen molar-refractivity contribution in [2.24, 2.45) is 11.8 Å². The molecule has 0 spiro atoms. The molecule has 0 unspecified atom stereocenters. The van der Waals surface area contributed by atoms with Gasteiger partial charge in [0.25, 0.3) is 0 Å². The Hall–Kier alpha value is -3.46. The van der Waals surface area contributed by atoms with Crippen LogP contribution in [0.5, 0.6) is 11.6 Å². The first-order valence-electron chi connectivity index (χ1n) is 13.3. The topological polar surface area (TPSA) is 107 Å². The number of ketones is 1. The van der Waals surface area contributed by atoms with Gasteiger partial charge in [-0.05, 0) is 42.9 Å². The van der Waals surface area contributed by atoms with Gasteiger partial charge in [0.2, 0.25) is 17.6 Å². The smallest absolute Gasteiger partial charge is 0.244 e. The van der Waals surface area contributed by atoms with E-state index in [1.165, 1.54) is 6.20 Å². The Morgan fingerprint density at radius 1 is 1.05 bits per heavy atom. The third-order valence-electron chi connectivity index (χ3n) is 6.32. The number of nitrogens with zero attached hydrogens (tertiary/aromatic N) is 4. The summed E-state index contributed by atoms with van der Waals surface area (Å²) in [6.45, 7) is 10.4. The second-order valence-electron chi connectivity index (χ2n) is 10.3. The number of amides is 1. The van der Waals surface area contributed by atoms with Crippen LogP contribution in [-0.2, 0) is 11.3 Å². The third-order valence-corrected chi connectivity index (χ3v) is 6.32. The minimum atomic E-state index is -0.294. The molecular formula is C29H40N4O5. The average Bonchev–Trinajstić information content (AvgIpc) is 3.25. The van der Waals surface area contributed by atoms with E-state index in [1.807, 2.05) is 4.90 Å². The molecule has 206 valence electrons. The molecule has 2 heterocycles. The van der Waals surface area contributed by atoms with Crippen LogP contribution in [0.15, 0.2) is 36.5 Å². The summed E-state index contributed by atoms with van der Waals surface area (Å²) in [4.78, 5) is 33.0. The zero-order valence-corrected chi connectivity index (χ0v) is 23.1. The number of pyridine rings is 1. The van der Waals surface area contributed by atoms with Crippen molar-refractivity contribution in [3.63, 3.8) is 0 Å². The van der Waals surface area contributed by atoms with E-state index in [0.717, 1.165) is 12.8 Å².